The zero-order valence-corrected chi connectivity index (χ0v) is 12.8. The maximum absolute atomic E-state index is 6.28. The summed E-state index contributed by atoms with van der Waals surface area (Å²) in [6, 6.07) is 8.24. The minimum atomic E-state index is 0.153. The second-order valence-electron chi connectivity index (χ2n) is 3.86. The van der Waals surface area contributed by atoms with Crippen molar-refractivity contribution in [2.45, 2.75) is 13.0 Å². The Morgan fingerprint density at radius 1 is 1.35 bits per heavy atom. The van der Waals surface area contributed by atoms with Gasteiger partial charge in [-0.2, -0.15) is 0 Å². The molecule has 1 aromatic heterocycles. The van der Waals surface area contributed by atoms with E-state index in [1.165, 1.54) is 10.4 Å². The molecule has 0 aliphatic heterocycles. The largest absolute Gasteiger partial charge is 0.309 e. The molecule has 0 radical (unpaired) electrons. The van der Waals surface area contributed by atoms with Gasteiger partial charge in [0.25, 0.3) is 0 Å². The Morgan fingerprint density at radius 2 is 2.12 bits per heavy atom. The van der Waals surface area contributed by atoms with Crippen LogP contribution in [-0.2, 0) is 0 Å². The molecule has 0 spiro atoms. The first-order valence-electron chi connectivity index (χ1n) is 5.29. The second-order valence-corrected chi connectivity index (χ2v) is 6.13. The molecule has 0 saturated heterocycles. The topological polar surface area (TPSA) is 12.0 Å². The average Bonchev–Trinajstić information content (AvgIpc) is 2.71. The van der Waals surface area contributed by atoms with E-state index >= 15 is 0 Å². The minimum Gasteiger partial charge on any atom is -0.309 e. The van der Waals surface area contributed by atoms with Crippen LogP contribution in [0.2, 0.25) is 5.02 Å². The summed E-state index contributed by atoms with van der Waals surface area (Å²) in [5.74, 6) is 0. The predicted molar refractivity (Wildman–Crippen MR) is 79.1 cm³/mol. The van der Waals surface area contributed by atoms with Crippen molar-refractivity contribution in [3.63, 3.8) is 0 Å². The standard InChI is InChI=1S/C13H13BrClNS/c1-8-5-6-17-13(8)12(16-2)10-7-9(14)3-4-11(10)15/h3-7,12,16H,1-2H3. The Labute approximate surface area is 119 Å². The molecule has 0 aliphatic carbocycles. The highest BCUT2D eigenvalue weighted by atomic mass is 79.9. The van der Waals surface area contributed by atoms with E-state index in [1.54, 1.807) is 11.3 Å². The van der Waals surface area contributed by atoms with Gasteiger partial charge in [0.1, 0.15) is 0 Å². The summed E-state index contributed by atoms with van der Waals surface area (Å²) >= 11 is 11.5. The summed E-state index contributed by atoms with van der Waals surface area (Å²) in [5.41, 5.74) is 2.40. The molecule has 17 heavy (non-hydrogen) atoms. The molecular weight excluding hydrogens is 318 g/mol. The van der Waals surface area contributed by atoms with Crippen molar-refractivity contribution in [2.24, 2.45) is 0 Å². The van der Waals surface area contributed by atoms with Gasteiger partial charge in [0, 0.05) is 14.4 Å². The Kier molecular flexibility index (Phi) is 4.26. The molecule has 90 valence electrons. The van der Waals surface area contributed by atoms with Crippen LogP contribution >= 0.6 is 38.9 Å². The van der Waals surface area contributed by atoms with Crippen LogP contribution in [0.4, 0.5) is 0 Å². The van der Waals surface area contributed by atoms with Gasteiger partial charge in [-0.3, -0.25) is 0 Å². The fraction of sp³-hybridized carbons (Fsp3) is 0.231. The summed E-state index contributed by atoms with van der Waals surface area (Å²) < 4.78 is 1.05. The molecule has 0 fully saturated rings. The van der Waals surface area contributed by atoms with Crippen LogP contribution in [0.3, 0.4) is 0 Å². The number of rotatable bonds is 3. The highest BCUT2D eigenvalue weighted by Gasteiger charge is 2.18. The van der Waals surface area contributed by atoms with E-state index in [0.29, 0.717) is 0 Å². The molecular formula is C13H13BrClNS. The van der Waals surface area contributed by atoms with Crippen LogP contribution in [0.15, 0.2) is 34.1 Å². The third-order valence-corrected chi connectivity index (χ3v) is 4.64. The summed E-state index contributed by atoms with van der Waals surface area (Å²) in [5, 5.41) is 6.24. The molecule has 1 nitrogen and oxygen atoms in total. The van der Waals surface area contributed by atoms with Gasteiger partial charge in [-0.05, 0) is 54.7 Å². The SMILES string of the molecule is CNC(c1cc(Br)ccc1Cl)c1sccc1C. The lowest BCUT2D eigenvalue weighted by molar-refractivity contribution is 0.700. The minimum absolute atomic E-state index is 0.153. The lowest BCUT2D eigenvalue weighted by Gasteiger charge is -2.18. The molecule has 2 aromatic rings. The first-order chi connectivity index (χ1) is 8.13. The van der Waals surface area contributed by atoms with Crippen molar-refractivity contribution in [2.75, 3.05) is 7.05 Å². The molecule has 1 aromatic carbocycles. The van der Waals surface area contributed by atoms with Crippen LogP contribution < -0.4 is 5.32 Å². The van der Waals surface area contributed by atoms with Gasteiger partial charge in [0.2, 0.25) is 0 Å². The molecule has 4 heteroatoms. The number of aryl methyl sites for hydroxylation is 1. The molecule has 1 N–H and O–H groups in total. The van der Waals surface area contributed by atoms with E-state index in [0.717, 1.165) is 15.1 Å². The van der Waals surface area contributed by atoms with Crippen LogP contribution in [0.5, 0.6) is 0 Å². The lowest BCUT2D eigenvalue weighted by atomic mass is 10.0. The van der Waals surface area contributed by atoms with Gasteiger partial charge < -0.3 is 5.32 Å². The molecule has 0 aliphatic rings. The van der Waals surface area contributed by atoms with Crippen LogP contribution in [-0.4, -0.2) is 7.05 Å². The summed E-state index contributed by atoms with van der Waals surface area (Å²) in [4.78, 5) is 1.31. The Balaban J connectivity index is 2.49. The molecule has 0 saturated carbocycles. The van der Waals surface area contributed by atoms with Crippen LogP contribution in [0, 0.1) is 6.92 Å². The van der Waals surface area contributed by atoms with Crippen LogP contribution in [0.1, 0.15) is 22.0 Å². The quantitative estimate of drug-likeness (QED) is 0.854. The van der Waals surface area contributed by atoms with Crippen molar-refractivity contribution in [1.29, 1.82) is 0 Å². The normalized spacial score (nSPS) is 12.7. The smallest absolute Gasteiger partial charge is 0.0686 e. The zero-order valence-electron chi connectivity index (χ0n) is 9.63. The summed E-state index contributed by atoms with van der Waals surface area (Å²) in [6.45, 7) is 2.13. The van der Waals surface area contributed by atoms with E-state index in [9.17, 15) is 0 Å². The third kappa shape index (κ3) is 2.74. The van der Waals surface area contributed by atoms with Crippen molar-refractivity contribution in [3.05, 3.63) is 55.1 Å². The fourth-order valence-corrected chi connectivity index (χ4v) is 3.50. The van der Waals surface area contributed by atoms with E-state index in [1.807, 2.05) is 19.2 Å². The Bertz CT molecular complexity index is 524. The third-order valence-electron chi connectivity index (χ3n) is 2.72. The maximum Gasteiger partial charge on any atom is 0.0686 e. The first-order valence-corrected chi connectivity index (χ1v) is 7.34. The van der Waals surface area contributed by atoms with E-state index in [-0.39, 0.29) is 6.04 Å². The van der Waals surface area contributed by atoms with E-state index in [4.69, 9.17) is 11.6 Å². The molecule has 0 bridgehead atoms. The summed E-state index contributed by atoms with van der Waals surface area (Å²) in [6.07, 6.45) is 0. The molecule has 1 unspecified atom stereocenters. The van der Waals surface area contributed by atoms with Gasteiger partial charge in [-0.15, -0.1) is 11.3 Å². The average molecular weight is 331 g/mol. The lowest BCUT2D eigenvalue weighted by Crippen LogP contribution is -2.17. The zero-order chi connectivity index (χ0) is 12.4. The fourth-order valence-electron chi connectivity index (χ4n) is 1.84. The van der Waals surface area contributed by atoms with Crippen LogP contribution in [0.25, 0.3) is 0 Å². The molecule has 2 rings (SSSR count). The Morgan fingerprint density at radius 3 is 2.71 bits per heavy atom. The van der Waals surface area contributed by atoms with Crippen molar-refractivity contribution >= 4 is 38.9 Å². The predicted octanol–water partition coefficient (Wildman–Crippen LogP) is 4.78. The number of thiophene rings is 1. The van der Waals surface area contributed by atoms with Crippen molar-refractivity contribution in [1.82, 2.24) is 5.32 Å². The monoisotopic (exact) mass is 329 g/mol. The van der Waals surface area contributed by atoms with Gasteiger partial charge in [0.15, 0.2) is 0 Å². The highest BCUT2D eigenvalue weighted by molar-refractivity contribution is 9.10. The highest BCUT2D eigenvalue weighted by Crippen LogP contribution is 2.34. The first kappa shape index (κ1) is 13.1. The van der Waals surface area contributed by atoms with Gasteiger partial charge in [0.05, 0.1) is 6.04 Å². The second kappa shape index (κ2) is 5.53. The summed E-state index contributed by atoms with van der Waals surface area (Å²) in [7, 11) is 1.96. The van der Waals surface area contributed by atoms with E-state index in [2.05, 4.69) is 45.7 Å². The molecule has 1 atom stereocenters. The number of halogens is 2. The number of hydrogen-bond acceptors (Lipinski definition) is 2. The number of hydrogen-bond donors (Lipinski definition) is 1. The van der Waals surface area contributed by atoms with Gasteiger partial charge in [-0.1, -0.05) is 27.5 Å². The van der Waals surface area contributed by atoms with Crippen molar-refractivity contribution in [3.8, 4) is 0 Å². The van der Waals surface area contributed by atoms with Gasteiger partial charge in [-0.25, -0.2) is 0 Å². The molecule has 0 amide bonds. The van der Waals surface area contributed by atoms with E-state index < -0.39 is 0 Å². The number of nitrogens with one attached hydrogen (secondary N) is 1. The van der Waals surface area contributed by atoms with Gasteiger partial charge >= 0.3 is 0 Å². The Hall–Kier alpha value is -0.350. The molecule has 1 heterocycles. The maximum atomic E-state index is 6.28. The van der Waals surface area contributed by atoms with Crippen molar-refractivity contribution < 1.29 is 0 Å². The number of benzene rings is 1.